The van der Waals surface area contributed by atoms with Gasteiger partial charge in [-0.1, -0.05) is 0 Å². The fourth-order valence-corrected chi connectivity index (χ4v) is 2.35. The first-order valence-electron chi connectivity index (χ1n) is 6.48. The molecule has 0 unspecified atom stereocenters. The molecule has 0 amide bonds. The van der Waals surface area contributed by atoms with Gasteiger partial charge in [-0.2, -0.15) is 0 Å². The number of likely N-dealkylation sites (N-methyl/N-ethyl adjacent to an activating group) is 1. The quantitative estimate of drug-likeness (QED) is 0.784. The summed E-state index contributed by atoms with van der Waals surface area (Å²) in [5, 5.41) is 3.17. The lowest BCUT2D eigenvalue weighted by molar-refractivity contribution is 0.321. The Hall–Kier alpha value is -1.06. The molecule has 1 N–H and O–H groups in total. The summed E-state index contributed by atoms with van der Waals surface area (Å²) in [4.78, 5) is 2.29. The molecule has 1 aromatic rings. The summed E-state index contributed by atoms with van der Waals surface area (Å²) < 4.78 is 5.41. The number of hydrogen-bond acceptors (Lipinski definition) is 3. The molecule has 0 spiro atoms. The number of methoxy groups -OCH3 is 1. The van der Waals surface area contributed by atoms with Gasteiger partial charge in [0.15, 0.2) is 0 Å². The standard InChI is InChI=1S/C15H26N2O/c1-11-9-15(18-6)13(3)12(2)14(11)7-8-17(5)10-16-4/h9,16H,7-8,10H2,1-6H3. The third-order valence-corrected chi connectivity index (χ3v) is 3.60. The van der Waals surface area contributed by atoms with E-state index in [4.69, 9.17) is 4.74 Å². The minimum atomic E-state index is 0.924. The molecule has 0 radical (unpaired) electrons. The Kier molecular flexibility index (Phi) is 5.63. The van der Waals surface area contributed by atoms with Crippen molar-refractivity contribution in [2.75, 3.05) is 34.4 Å². The molecule has 102 valence electrons. The van der Waals surface area contributed by atoms with Crippen molar-refractivity contribution in [3.8, 4) is 5.75 Å². The number of hydrogen-bond donors (Lipinski definition) is 1. The number of ether oxygens (including phenoxy) is 1. The molecule has 1 aromatic carbocycles. The van der Waals surface area contributed by atoms with Gasteiger partial charge in [0.1, 0.15) is 5.75 Å². The Morgan fingerprint density at radius 1 is 1.22 bits per heavy atom. The summed E-state index contributed by atoms with van der Waals surface area (Å²) in [5.41, 5.74) is 5.41. The Balaban J connectivity index is 2.86. The fourth-order valence-electron chi connectivity index (χ4n) is 2.35. The second-order valence-electron chi connectivity index (χ2n) is 4.97. The van der Waals surface area contributed by atoms with E-state index in [1.165, 1.54) is 22.3 Å². The summed E-state index contributed by atoms with van der Waals surface area (Å²) in [6, 6.07) is 2.15. The average Bonchev–Trinajstić information content (AvgIpc) is 2.34. The Morgan fingerprint density at radius 2 is 1.89 bits per heavy atom. The minimum Gasteiger partial charge on any atom is -0.496 e. The predicted molar refractivity (Wildman–Crippen MR) is 77.5 cm³/mol. The van der Waals surface area contributed by atoms with Gasteiger partial charge in [-0.3, -0.25) is 4.90 Å². The SMILES string of the molecule is CNCN(C)CCc1c(C)cc(OC)c(C)c1C. The van der Waals surface area contributed by atoms with Crippen LogP contribution in [0.4, 0.5) is 0 Å². The molecular weight excluding hydrogens is 224 g/mol. The van der Waals surface area contributed by atoms with Gasteiger partial charge in [0.05, 0.1) is 7.11 Å². The smallest absolute Gasteiger partial charge is 0.122 e. The van der Waals surface area contributed by atoms with Crippen LogP contribution in [0.1, 0.15) is 22.3 Å². The highest BCUT2D eigenvalue weighted by Crippen LogP contribution is 2.27. The molecule has 0 aromatic heterocycles. The van der Waals surface area contributed by atoms with Gasteiger partial charge in [-0.25, -0.2) is 0 Å². The fraction of sp³-hybridized carbons (Fsp3) is 0.600. The minimum absolute atomic E-state index is 0.924. The van der Waals surface area contributed by atoms with Crippen LogP contribution in [0, 0.1) is 20.8 Å². The van der Waals surface area contributed by atoms with E-state index in [0.717, 1.165) is 25.4 Å². The van der Waals surface area contributed by atoms with E-state index in [2.05, 4.69) is 44.1 Å². The van der Waals surface area contributed by atoms with Crippen LogP contribution in [0.5, 0.6) is 5.75 Å². The van der Waals surface area contributed by atoms with E-state index in [9.17, 15) is 0 Å². The van der Waals surface area contributed by atoms with Crippen LogP contribution in [0.2, 0.25) is 0 Å². The van der Waals surface area contributed by atoms with Crippen LogP contribution in [-0.4, -0.2) is 39.3 Å². The lowest BCUT2D eigenvalue weighted by atomic mass is 9.95. The molecule has 0 bridgehead atoms. The number of aryl methyl sites for hydroxylation is 1. The molecule has 0 aliphatic heterocycles. The topological polar surface area (TPSA) is 24.5 Å². The second-order valence-corrected chi connectivity index (χ2v) is 4.97. The van der Waals surface area contributed by atoms with E-state index < -0.39 is 0 Å². The number of nitrogens with zero attached hydrogens (tertiary/aromatic N) is 1. The number of nitrogens with one attached hydrogen (secondary N) is 1. The zero-order chi connectivity index (χ0) is 13.7. The maximum Gasteiger partial charge on any atom is 0.122 e. The highest BCUT2D eigenvalue weighted by atomic mass is 16.5. The van der Waals surface area contributed by atoms with Gasteiger partial charge in [0, 0.05) is 13.2 Å². The summed E-state index contributed by atoms with van der Waals surface area (Å²) in [6.45, 7) is 8.48. The average molecular weight is 250 g/mol. The highest BCUT2D eigenvalue weighted by Gasteiger charge is 2.11. The zero-order valence-corrected chi connectivity index (χ0v) is 12.6. The highest BCUT2D eigenvalue weighted by molar-refractivity contribution is 5.48. The van der Waals surface area contributed by atoms with E-state index in [1.807, 2.05) is 7.05 Å². The van der Waals surface area contributed by atoms with Gasteiger partial charge in [0.2, 0.25) is 0 Å². The molecule has 0 atom stereocenters. The summed E-state index contributed by atoms with van der Waals surface area (Å²) in [6.07, 6.45) is 1.08. The first-order chi connectivity index (χ1) is 8.51. The normalized spacial score (nSPS) is 11.1. The van der Waals surface area contributed by atoms with Crippen LogP contribution in [-0.2, 0) is 6.42 Å². The van der Waals surface area contributed by atoms with Gasteiger partial charge in [0.25, 0.3) is 0 Å². The van der Waals surface area contributed by atoms with Crippen LogP contribution in [0.15, 0.2) is 6.07 Å². The molecule has 3 nitrogen and oxygen atoms in total. The van der Waals surface area contributed by atoms with Crippen molar-refractivity contribution in [3.63, 3.8) is 0 Å². The van der Waals surface area contributed by atoms with E-state index in [-0.39, 0.29) is 0 Å². The molecule has 0 heterocycles. The van der Waals surface area contributed by atoms with Crippen molar-refractivity contribution in [2.24, 2.45) is 0 Å². The van der Waals surface area contributed by atoms with Crippen LogP contribution >= 0.6 is 0 Å². The monoisotopic (exact) mass is 250 g/mol. The molecular formula is C15H26N2O. The summed E-state index contributed by atoms with van der Waals surface area (Å²) >= 11 is 0. The number of rotatable bonds is 6. The van der Waals surface area contributed by atoms with Crippen molar-refractivity contribution in [2.45, 2.75) is 27.2 Å². The van der Waals surface area contributed by atoms with Gasteiger partial charge in [-0.15, -0.1) is 0 Å². The van der Waals surface area contributed by atoms with Crippen LogP contribution < -0.4 is 10.1 Å². The zero-order valence-electron chi connectivity index (χ0n) is 12.6. The summed E-state index contributed by atoms with van der Waals surface area (Å²) in [5.74, 6) is 0.998. The number of benzene rings is 1. The first kappa shape index (κ1) is 15.0. The van der Waals surface area contributed by atoms with Crippen LogP contribution in [0.3, 0.4) is 0 Å². The van der Waals surface area contributed by atoms with Crippen molar-refractivity contribution in [1.82, 2.24) is 10.2 Å². The lowest BCUT2D eigenvalue weighted by Gasteiger charge is -2.19. The van der Waals surface area contributed by atoms with Gasteiger partial charge in [-0.05, 0) is 69.6 Å². The van der Waals surface area contributed by atoms with Crippen molar-refractivity contribution >= 4 is 0 Å². The maximum atomic E-state index is 5.41. The third kappa shape index (κ3) is 3.47. The molecule has 0 fully saturated rings. The van der Waals surface area contributed by atoms with Crippen molar-refractivity contribution < 1.29 is 4.74 Å². The van der Waals surface area contributed by atoms with E-state index in [1.54, 1.807) is 7.11 Å². The maximum absolute atomic E-state index is 5.41. The largest absolute Gasteiger partial charge is 0.496 e. The second kappa shape index (κ2) is 6.76. The summed E-state index contributed by atoms with van der Waals surface area (Å²) in [7, 11) is 5.85. The molecule has 3 heteroatoms. The molecule has 0 aliphatic rings. The lowest BCUT2D eigenvalue weighted by Crippen LogP contribution is -2.30. The Labute approximate surface area is 111 Å². The van der Waals surface area contributed by atoms with Crippen LogP contribution in [0.25, 0.3) is 0 Å². The van der Waals surface area contributed by atoms with E-state index in [0.29, 0.717) is 0 Å². The van der Waals surface area contributed by atoms with Crippen molar-refractivity contribution in [3.05, 3.63) is 28.3 Å². The molecule has 0 saturated heterocycles. The predicted octanol–water partition coefficient (Wildman–Crippen LogP) is 2.27. The molecule has 1 rings (SSSR count). The van der Waals surface area contributed by atoms with Gasteiger partial charge < -0.3 is 10.1 Å². The molecule has 18 heavy (non-hydrogen) atoms. The van der Waals surface area contributed by atoms with Gasteiger partial charge >= 0.3 is 0 Å². The molecule has 0 saturated carbocycles. The first-order valence-corrected chi connectivity index (χ1v) is 6.48. The third-order valence-electron chi connectivity index (χ3n) is 3.60. The van der Waals surface area contributed by atoms with E-state index >= 15 is 0 Å². The Morgan fingerprint density at radius 3 is 2.44 bits per heavy atom. The van der Waals surface area contributed by atoms with Crippen molar-refractivity contribution in [1.29, 1.82) is 0 Å². The Bertz CT molecular complexity index is 402. The molecule has 0 aliphatic carbocycles.